The van der Waals surface area contributed by atoms with E-state index in [-0.39, 0.29) is 0 Å². The molecule has 0 spiro atoms. The van der Waals surface area contributed by atoms with Crippen molar-refractivity contribution in [1.29, 1.82) is 0 Å². The number of aryl methyl sites for hydroxylation is 2. The van der Waals surface area contributed by atoms with Crippen LogP contribution in [0.4, 0.5) is 0 Å². The Hall–Kier alpha value is -2.68. The van der Waals surface area contributed by atoms with Crippen LogP contribution in [0.1, 0.15) is 11.1 Å². The van der Waals surface area contributed by atoms with Gasteiger partial charge in [0.05, 0.1) is 0 Å². The van der Waals surface area contributed by atoms with Gasteiger partial charge in [-0.15, -0.1) is 0 Å². The largest absolute Gasteiger partial charge is 0.457 e. The Morgan fingerprint density at radius 1 is 0.857 bits per heavy atom. The van der Waals surface area contributed by atoms with Gasteiger partial charge in [-0.25, -0.2) is 9.97 Å². The van der Waals surface area contributed by atoms with E-state index in [0.717, 1.165) is 22.6 Å². The van der Waals surface area contributed by atoms with Crippen LogP contribution in [0.5, 0.6) is 11.5 Å². The molecule has 1 aromatic heterocycles. The third-order valence-corrected chi connectivity index (χ3v) is 3.22. The Bertz CT molecular complexity index is 754. The smallest absolute Gasteiger partial charge is 0.159 e. The molecular weight excluding hydrogens is 260 g/mol. The highest BCUT2D eigenvalue weighted by molar-refractivity contribution is 5.57. The first-order valence-electron chi connectivity index (χ1n) is 6.85. The van der Waals surface area contributed by atoms with Gasteiger partial charge in [-0.3, -0.25) is 0 Å². The molecule has 0 aliphatic heterocycles. The average Bonchev–Trinajstić information content (AvgIpc) is 2.51. The first kappa shape index (κ1) is 13.3. The standard InChI is InChI=1S/C18H16N2O/c1-13-7-8-17(14(2)11-13)21-16-6-3-5-15(12-16)18-19-9-4-10-20-18/h3-12H,1-2H3. The molecule has 0 saturated heterocycles. The van der Waals surface area contributed by atoms with Crippen LogP contribution in [0, 0.1) is 13.8 Å². The van der Waals surface area contributed by atoms with Crippen molar-refractivity contribution >= 4 is 0 Å². The molecule has 0 fully saturated rings. The van der Waals surface area contributed by atoms with Gasteiger partial charge in [0.15, 0.2) is 5.82 Å². The second-order valence-corrected chi connectivity index (χ2v) is 4.97. The highest BCUT2D eigenvalue weighted by Gasteiger charge is 2.05. The third-order valence-electron chi connectivity index (χ3n) is 3.22. The van der Waals surface area contributed by atoms with Gasteiger partial charge in [-0.1, -0.05) is 29.8 Å². The summed E-state index contributed by atoms with van der Waals surface area (Å²) in [5, 5.41) is 0. The Morgan fingerprint density at radius 2 is 1.67 bits per heavy atom. The molecule has 3 aromatic rings. The van der Waals surface area contributed by atoms with Crippen molar-refractivity contribution in [3.8, 4) is 22.9 Å². The molecule has 0 N–H and O–H groups in total. The van der Waals surface area contributed by atoms with Crippen LogP contribution in [0.25, 0.3) is 11.4 Å². The second-order valence-electron chi connectivity index (χ2n) is 4.97. The lowest BCUT2D eigenvalue weighted by atomic mass is 10.1. The Labute approximate surface area is 124 Å². The second kappa shape index (κ2) is 5.75. The highest BCUT2D eigenvalue weighted by Crippen LogP contribution is 2.28. The molecule has 0 unspecified atom stereocenters. The number of aromatic nitrogens is 2. The zero-order valence-electron chi connectivity index (χ0n) is 12.1. The van der Waals surface area contributed by atoms with Gasteiger partial charge in [0.1, 0.15) is 11.5 Å². The molecule has 3 nitrogen and oxygen atoms in total. The molecule has 0 aliphatic rings. The summed E-state index contributed by atoms with van der Waals surface area (Å²) in [6.07, 6.45) is 3.47. The van der Waals surface area contributed by atoms with Crippen LogP contribution >= 0.6 is 0 Å². The molecule has 3 heteroatoms. The van der Waals surface area contributed by atoms with Crippen LogP contribution in [-0.4, -0.2) is 9.97 Å². The molecule has 0 atom stereocenters. The van der Waals surface area contributed by atoms with E-state index in [1.165, 1.54) is 5.56 Å². The third kappa shape index (κ3) is 3.08. The summed E-state index contributed by atoms with van der Waals surface area (Å²) in [6, 6.07) is 15.8. The van der Waals surface area contributed by atoms with Crippen molar-refractivity contribution in [3.05, 3.63) is 72.1 Å². The van der Waals surface area contributed by atoms with E-state index in [0.29, 0.717) is 5.82 Å². The van der Waals surface area contributed by atoms with E-state index in [1.807, 2.05) is 43.3 Å². The molecular formula is C18H16N2O. The summed E-state index contributed by atoms with van der Waals surface area (Å²) in [7, 11) is 0. The first-order valence-corrected chi connectivity index (χ1v) is 6.85. The van der Waals surface area contributed by atoms with E-state index in [9.17, 15) is 0 Å². The fourth-order valence-electron chi connectivity index (χ4n) is 2.19. The topological polar surface area (TPSA) is 35.0 Å². The fourth-order valence-corrected chi connectivity index (χ4v) is 2.19. The normalized spacial score (nSPS) is 10.4. The summed E-state index contributed by atoms with van der Waals surface area (Å²) >= 11 is 0. The predicted octanol–water partition coefficient (Wildman–Crippen LogP) is 4.55. The molecule has 3 rings (SSSR count). The maximum atomic E-state index is 5.97. The van der Waals surface area contributed by atoms with Crippen molar-refractivity contribution in [3.63, 3.8) is 0 Å². The van der Waals surface area contributed by atoms with Gasteiger partial charge in [0.2, 0.25) is 0 Å². The summed E-state index contributed by atoms with van der Waals surface area (Å²) < 4.78 is 5.97. The number of hydrogen-bond donors (Lipinski definition) is 0. The first-order chi connectivity index (χ1) is 10.2. The molecule has 0 saturated carbocycles. The van der Waals surface area contributed by atoms with Crippen molar-refractivity contribution in [1.82, 2.24) is 9.97 Å². The zero-order valence-corrected chi connectivity index (χ0v) is 12.1. The Balaban J connectivity index is 1.90. The minimum absolute atomic E-state index is 0.698. The minimum atomic E-state index is 0.698. The zero-order chi connectivity index (χ0) is 14.7. The summed E-state index contributed by atoms with van der Waals surface area (Å²) in [4.78, 5) is 8.52. The number of hydrogen-bond acceptors (Lipinski definition) is 3. The summed E-state index contributed by atoms with van der Waals surface area (Å²) in [5.41, 5.74) is 3.29. The van der Waals surface area contributed by atoms with Gasteiger partial charge >= 0.3 is 0 Å². The van der Waals surface area contributed by atoms with Crippen LogP contribution in [0.15, 0.2) is 60.9 Å². The monoisotopic (exact) mass is 276 g/mol. The van der Waals surface area contributed by atoms with Crippen LogP contribution in [0.2, 0.25) is 0 Å². The van der Waals surface area contributed by atoms with Crippen molar-refractivity contribution in [2.24, 2.45) is 0 Å². The molecule has 0 radical (unpaired) electrons. The lowest BCUT2D eigenvalue weighted by molar-refractivity contribution is 0.479. The van der Waals surface area contributed by atoms with Crippen LogP contribution < -0.4 is 4.74 Å². The SMILES string of the molecule is Cc1ccc(Oc2cccc(-c3ncccn3)c2)c(C)c1. The molecule has 0 aliphatic carbocycles. The van der Waals surface area contributed by atoms with Crippen molar-refractivity contribution in [2.75, 3.05) is 0 Å². The molecule has 1 heterocycles. The minimum Gasteiger partial charge on any atom is -0.457 e. The molecule has 0 bridgehead atoms. The van der Waals surface area contributed by atoms with Crippen LogP contribution in [-0.2, 0) is 0 Å². The van der Waals surface area contributed by atoms with Gasteiger partial charge in [-0.2, -0.15) is 0 Å². The summed E-state index contributed by atoms with van der Waals surface area (Å²) in [5.74, 6) is 2.35. The van der Waals surface area contributed by atoms with Gasteiger partial charge < -0.3 is 4.74 Å². The average molecular weight is 276 g/mol. The lowest BCUT2D eigenvalue weighted by Gasteiger charge is -2.10. The molecule has 104 valence electrons. The Morgan fingerprint density at radius 3 is 2.43 bits per heavy atom. The number of rotatable bonds is 3. The van der Waals surface area contributed by atoms with Crippen molar-refractivity contribution in [2.45, 2.75) is 13.8 Å². The highest BCUT2D eigenvalue weighted by atomic mass is 16.5. The number of benzene rings is 2. The molecule has 2 aromatic carbocycles. The number of nitrogens with zero attached hydrogens (tertiary/aromatic N) is 2. The van der Waals surface area contributed by atoms with Gasteiger partial charge in [0.25, 0.3) is 0 Å². The fraction of sp³-hybridized carbons (Fsp3) is 0.111. The van der Waals surface area contributed by atoms with Gasteiger partial charge in [-0.05, 0) is 43.7 Å². The van der Waals surface area contributed by atoms with Crippen LogP contribution in [0.3, 0.4) is 0 Å². The van der Waals surface area contributed by atoms with E-state index >= 15 is 0 Å². The van der Waals surface area contributed by atoms with E-state index in [1.54, 1.807) is 18.5 Å². The predicted molar refractivity (Wildman–Crippen MR) is 83.5 cm³/mol. The molecule has 0 amide bonds. The summed E-state index contributed by atoms with van der Waals surface area (Å²) in [6.45, 7) is 4.12. The van der Waals surface area contributed by atoms with Gasteiger partial charge in [0, 0.05) is 18.0 Å². The number of ether oxygens (including phenoxy) is 1. The molecule has 21 heavy (non-hydrogen) atoms. The van der Waals surface area contributed by atoms with E-state index in [4.69, 9.17) is 4.74 Å². The van der Waals surface area contributed by atoms with Crippen molar-refractivity contribution < 1.29 is 4.74 Å². The lowest BCUT2D eigenvalue weighted by Crippen LogP contribution is -1.90. The van der Waals surface area contributed by atoms with E-state index < -0.39 is 0 Å². The maximum Gasteiger partial charge on any atom is 0.159 e. The maximum absolute atomic E-state index is 5.97. The quantitative estimate of drug-likeness (QED) is 0.703. The Kier molecular flexibility index (Phi) is 3.65. The van der Waals surface area contributed by atoms with E-state index in [2.05, 4.69) is 23.0 Å².